The summed E-state index contributed by atoms with van der Waals surface area (Å²) in [5.74, 6) is -0.149. The summed E-state index contributed by atoms with van der Waals surface area (Å²) < 4.78 is 0. The minimum Gasteiger partial charge on any atom is -0.481 e. The Morgan fingerprint density at radius 1 is 1.41 bits per heavy atom. The van der Waals surface area contributed by atoms with Crippen molar-refractivity contribution in [2.45, 2.75) is 45.6 Å². The van der Waals surface area contributed by atoms with Crippen molar-refractivity contribution in [3.63, 3.8) is 0 Å². The first-order valence-corrected chi connectivity index (χ1v) is 6.48. The molecule has 0 bridgehead atoms. The van der Waals surface area contributed by atoms with E-state index in [-0.39, 0.29) is 12.3 Å². The molecule has 1 rings (SSSR count). The molecular weight excluding hydrogens is 218 g/mol. The monoisotopic (exact) mass is 243 g/mol. The number of carboxylic acids is 1. The number of nitrogens with zero attached hydrogens (tertiary/aromatic N) is 1. The highest BCUT2D eigenvalue weighted by molar-refractivity contribution is 5.67. The van der Waals surface area contributed by atoms with Crippen molar-refractivity contribution in [3.05, 3.63) is 0 Å². The smallest absolute Gasteiger partial charge is 0.303 e. The van der Waals surface area contributed by atoms with E-state index in [9.17, 15) is 9.90 Å². The lowest BCUT2D eigenvalue weighted by atomic mass is 9.89. The fourth-order valence-electron chi connectivity index (χ4n) is 2.23. The van der Waals surface area contributed by atoms with Crippen molar-refractivity contribution in [3.8, 4) is 0 Å². The number of likely N-dealkylation sites (tertiary alicyclic amines) is 1. The zero-order valence-corrected chi connectivity index (χ0v) is 11.1. The molecule has 0 aliphatic carbocycles. The number of carboxylic acid groups (broad SMARTS) is 1. The number of rotatable bonds is 5. The number of carbonyl (C=O) groups is 1. The summed E-state index contributed by atoms with van der Waals surface area (Å²) in [6.07, 6.45) is 2.15. The standard InChI is InChI=1S/C13H25NO3/c1-10(2)13(3,17)9-14-6-4-11(5-7-14)8-12(15)16/h10-11,17H,4-9H2,1-3H3,(H,15,16). The number of hydrogen-bond donors (Lipinski definition) is 2. The molecule has 4 heteroatoms. The summed E-state index contributed by atoms with van der Waals surface area (Å²) in [5.41, 5.74) is -0.653. The van der Waals surface area contributed by atoms with Gasteiger partial charge in [-0.25, -0.2) is 0 Å². The number of piperidine rings is 1. The average molecular weight is 243 g/mol. The average Bonchev–Trinajstić information content (AvgIpc) is 2.19. The Kier molecular flexibility index (Phi) is 4.95. The van der Waals surface area contributed by atoms with Crippen LogP contribution in [0.5, 0.6) is 0 Å². The number of hydrogen-bond acceptors (Lipinski definition) is 3. The van der Waals surface area contributed by atoms with E-state index in [0.717, 1.165) is 25.9 Å². The molecule has 1 aliphatic rings. The Labute approximate surface area is 104 Å². The van der Waals surface area contributed by atoms with Crippen LogP contribution >= 0.6 is 0 Å². The number of β-amino-alcohol motifs (C(OH)–C–C–N with tert-alkyl or cyclic N) is 1. The third-order valence-corrected chi connectivity index (χ3v) is 3.96. The Morgan fingerprint density at radius 2 is 1.94 bits per heavy atom. The maximum Gasteiger partial charge on any atom is 0.303 e. The van der Waals surface area contributed by atoms with Crippen LogP contribution in [0, 0.1) is 11.8 Å². The van der Waals surface area contributed by atoms with E-state index in [4.69, 9.17) is 5.11 Å². The van der Waals surface area contributed by atoms with Gasteiger partial charge in [-0.2, -0.15) is 0 Å². The molecular formula is C13H25NO3. The minimum absolute atomic E-state index is 0.235. The van der Waals surface area contributed by atoms with Crippen LogP contribution in [0.2, 0.25) is 0 Å². The van der Waals surface area contributed by atoms with Crippen LogP contribution in [-0.4, -0.2) is 46.3 Å². The predicted octanol–water partition coefficient (Wildman–Crippen LogP) is 1.58. The second-order valence-corrected chi connectivity index (χ2v) is 5.83. The van der Waals surface area contributed by atoms with E-state index >= 15 is 0 Å². The fraction of sp³-hybridized carbons (Fsp3) is 0.923. The van der Waals surface area contributed by atoms with Crippen LogP contribution in [-0.2, 0) is 4.79 Å². The van der Waals surface area contributed by atoms with Gasteiger partial charge in [-0.3, -0.25) is 4.79 Å². The van der Waals surface area contributed by atoms with E-state index < -0.39 is 11.6 Å². The minimum atomic E-state index is -0.697. The van der Waals surface area contributed by atoms with Gasteiger partial charge in [0.05, 0.1) is 5.60 Å². The lowest BCUT2D eigenvalue weighted by Crippen LogP contribution is -2.47. The quantitative estimate of drug-likeness (QED) is 0.769. The van der Waals surface area contributed by atoms with Crippen molar-refractivity contribution in [1.29, 1.82) is 0 Å². The lowest BCUT2D eigenvalue weighted by Gasteiger charge is -2.38. The first-order chi connectivity index (χ1) is 7.81. The van der Waals surface area contributed by atoms with Gasteiger partial charge in [-0.15, -0.1) is 0 Å². The normalized spacial score (nSPS) is 22.6. The van der Waals surface area contributed by atoms with Crippen LogP contribution in [0.25, 0.3) is 0 Å². The second kappa shape index (κ2) is 5.83. The lowest BCUT2D eigenvalue weighted by molar-refractivity contribution is -0.138. The first kappa shape index (κ1) is 14.5. The second-order valence-electron chi connectivity index (χ2n) is 5.83. The first-order valence-electron chi connectivity index (χ1n) is 6.48. The van der Waals surface area contributed by atoms with Gasteiger partial charge in [0.2, 0.25) is 0 Å². The Morgan fingerprint density at radius 3 is 2.35 bits per heavy atom. The summed E-state index contributed by atoms with van der Waals surface area (Å²) in [6, 6.07) is 0. The molecule has 1 unspecified atom stereocenters. The van der Waals surface area contributed by atoms with Crippen molar-refractivity contribution < 1.29 is 15.0 Å². The van der Waals surface area contributed by atoms with Crippen molar-refractivity contribution >= 4 is 5.97 Å². The zero-order chi connectivity index (χ0) is 13.1. The maximum atomic E-state index is 10.6. The van der Waals surface area contributed by atoms with Crippen LogP contribution in [0.1, 0.15) is 40.0 Å². The van der Waals surface area contributed by atoms with Crippen LogP contribution in [0.15, 0.2) is 0 Å². The van der Waals surface area contributed by atoms with Gasteiger partial charge in [0, 0.05) is 13.0 Å². The summed E-state index contributed by atoms with van der Waals surface area (Å²) in [6.45, 7) is 8.42. The number of aliphatic carboxylic acids is 1. The molecule has 0 radical (unpaired) electrons. The summed E-state index contributed by atoms with van der Waals surface area (Å²) >= 11 is 0. The molecule has 1 atom stereocenters. The van der Waals surface area contributed by atoms with Gasteiger partial charge in [0.25, 0.3) is 0 Å². The molecule has 0 aromatic carbocycles. The summed E-state index contributed by atoms with van der Waals surface area (Å²) in [4.78, 5) is 12.9. The highest BCUT2D eigenvalue weighted by Gasteiger charge is 2.30. The van der Waals surface area contributed by atoms with Crippen molar-refractivity contribution in [1.82, 2.24) is 4.90 Å². The number of aliphatic hydroxyl groups is 1. The van der Waals surface area contributed by atoms with Gasteiger partial charge in [0.15, 0.2) is 0 Å². The van der Waals surface area contributed by atoms with Gasteiger partial charge < -0.3 is 15.1 Å². The highest BCUT2D eigenvalue weighted by atomic mass is 16.4. The Bertz CT molecular complexity index is 255. The van der Waals surface area contributed by atoms with E-state index in [1.165, 1.54) is 0 Å². The molecule has 1 fully saturated rings. The molecule has 0 aromatic heterocycles. The van der Waals surface area contributed by atoms with Gasteiger partial charge in [0.1, 0.15) is 0 Å². The molecule has 0 saturated carbocycles. The fourth-order valence-corrected chi connectivity index (χ4v) is 2.23. The molecule has 0 spiro atoms. The topological polar surface area (TPSA) is 60.8 Å². The largest absolute Gasteiger partial charge is 0.481 e. The van der Waals surface area contributed by atoms with Gasteiger partial charge in [-0.1, -0.05) is 13.8 Å². The van der Waals surface area contributed by atoms with Crippen LogP contribution in [0.4, 0.5) is 0 Å². The molecule has 100 valence electrons. The molecule has 1 saturated heterocycles. The van der Waals surface area contributed by atoms with E-state index in [2.05, 4.69) is 4.90 Å². The Hall–Kier alpha value is -0.610. The van der Waals surface area contributed by atoms with Crippen LogP contribution < -0.4 is 0 Å². The SMILES string of the molecule is CC(C)C(C)(O)CN1CCC(CC(=O)O)CC1. The molecule has 0 amide bonds. The van der Waals surface area contributed by atoms with Crippen molar-refractivity contribution in [2.75, 3.05) is 19.6 Å². The Balaban J connectivity index is 2.35. The van der Waals surface area contributed by atoms with Gasteiger partial charge >= 0.3 is 5.97 Å². The molecule has 2 N–H and O–H groups in total. The molecule has 1 heterocycles. The van der Waals surface area contributed by atoms with Gasteiger partial charge in [-0.05, 0) is 44.7 Å². The molecule has 4 nitrogen and oxygen atoms in total. The third kappa shape index (κ3) is 4.64. The predicted molar refractivity (Wildman–Crippen MR) is 66.9 cm³/mol. The molecule has 17 heavy (non-hydrogen) atoms. The molecule has 1 aliphatic heterocycles. The highest BCUT2D eigenvalue weighted by Crippen LogP contribution is 2.24. The van der Waals surface area contributed by atoms with E-state index in [0.29, 0.717) is 12.5 Å². The van der Waals surface area contributed by atoms with E-state index in [1.807, 2.05) is 20.8 Å². The van der Waals surface area contributed by atoms with Crippen LogP contribution in [0.3, 0.4) is 0 Å². The van der Waals surface area contributed by atoms with Crippen molar-refractivity contribution in [2.24, 2.45) is 11.8 Å². The van der Waals surface area contributed by atoms with E-state index in [1.54, 1.807) is 0 Å². The summed E-state index contributed by atoms with van der Waals surface area (Å²) in [7, 11) is 0. The molecule has 0 aromatic rings. The third-order valence-electron chi connectivity index (χ3n) is 3.96. The zero-order valence-electron chi connectivity index (χ0n) is 11.1. The summed E-state index contributed by atoms with van der Waals surface area (Å²) in [5, 5.41) is 19.0. The maximum absolute atomic E-state index is 10.6.